The summed E-state index contributed by atoms with van der Waals surface area (Å²) in [5.41, 5.74) is 1.57. The first-order valence-corrected chi connectivity index (χ1v) is 8.88. The molecule has 2 aliphatic rings. The average molecular weight is 337 g/mol. The van der Waals surface area contributed by atoms with Crippen molar-refractivity contribution in [3.05, 3.63) is 34.3 Å². The van der Waals surface area contributed by atoms with Crippen molar-refractivity contribution in [2.75, 3.05) is 13.1 Å². The summed E-state index contributed by atoms with van der Waals surface area (Å²) in [6, 6.07) is 5.55. The smallest absolute Gasteiger partial charge is 0.251 e. The van der Waals surface area contributed by atoms with E-state index in [0.29, 0.717) is 22.4 Å². The normalized spacial score (nSPS) is 26.4. The van der Waals surface area contributed by atoms with Gasteiger partial charge in [0.1, 0.15) is 0 Å². The first-order valence-electron chi connectivity index (χ1n) is 8.50. The van der Waals surface area contributed by atoms with E-state index < -0.39 is 0 Å². The standard InChI is InChI=1S/C18H25ClN2O2/c1-11-8-13(2-3-16(11)19)18(23)21-17(14-9-15(22)10-14)12-4-6-20-7-5-12/h2-3,8,12,14-15,17,20,22H,4-7,9-10H2,1H3,(H,21,23)/t14?,15?,17-/m0/s1. The second-order valence-corrected chi connectivity index (χ2v) is 7.34. The van der Waals surface area contributed by atoms with Crippen molar-refractivity contribution in [3.63, 3.8) is 0 Å². The zero-order valence-corrected chi connectivity index (χ0v) is 14.3. The van der Waals surface area contributed by atoms with Crippen LogP contribution in [0, 0.1) is 18.8 Å². The molecule has 5 heteroatoms. The van der Waals surface area contributed by atoms with Crippen LogP contribution in [0.15, 0.2) is 18.2 Å². The van der Waals surface area contributed by atoms with Crippen molar-refractivity contribution >= 4 is 17.5 Å². The van der Waals surface area contributed by atoms with E-state index in [1.165, 1.54) is 0 Å². The van der Waals surface area contributed by atoms with Crippen molar-refractivity contribution in [2.24, 2.45) is 11.8 Å². The van der Waals surface area contributed by atoms with Gasteiger partial charge in [-0.1, -0.05) is 11.6 Å². The highest BCUT2D eigenvalue weighted by Crippen LogP contribution is 2.36. The summed E-state index contributed by atoms with van der Waals surface area (Å²) in [7, 11) is 0. The van der Waals surface area contributed by atoms with Crippen LogP contribution in [0.25, 0.3) is 0 Å². The van der Waals surface area contributed by atoms with E-state index in [-0.39, 0.29) is 18.1 Å². The third kappa shape index (κ3) is 3.87. The molecule has 1 aromatic rings. The number of halogens is 1. The molecular formula is C18H25ClN2O2. The van der Waals surface area contributed by atoms with Crippen molar-refractivity contribution in [1.82, 2.24) is 10.6 Å². The Balaban J connectivity index is 1.71. The number of amides is 1. The van der Waals surface area contributed by atoms with E-state index in [1.54, 1.807) is 12.1 Å². The Morgan fingerprint density at radius 2 is 2.00 bits per heavy atom. The summed E-state index contributed by atoms with van der Waals surface area (Å²) in [5.74, 6) is 0.853. The molecule has 1 aliphatic heterocycles. The molecule has 1 atom stereocenters. The monoisotopic (exact) mass is 336 g/mol. The van der Waals surface area contributed by atoms with E-state index in [1.807, 2.05) is 13.0 Å². The lowest BCUT2D eigenvalue weighted by Gasteiger charge is -2.43. The van der Waals surface area contributed by atoms with Gasteiger partial charge in [0.15, 0.2) is 0 Å². The molecule has 0 radical (unpaired) electrons. The predicted molar refractivity (Wildman–Crippen MR) is 91.8 cm³/mol. The Morgan fingerprint density at radius 3 is 2.61 bits per heavy atom. The summed E-state index contributed by atoms with van der Waals surface area (Å²) in [5, 5.41) is 16.9. The molecule has 0 bridgehead atoms. The molecule has 0 aromatic heterocycles. The summed E-state index contributed by atoms with van der Waals surface area (Å²) in [6.45, 7) is 3.92. The highest BCUT2D eigenvalue weighted by atomic mass is 35.5. The summed E-state index contributed by atoms with van der Waals surface area (Å²) >= 11 is 6.04. The van der Waals surface area contributed by atoms with Crippen molar-refractivity contribution < 1.29 is 9.90 Å². The molecule has 1 aromatic carbocycles. The SMILES string of the molecule is Cc1cc(C(=O)N[C@@H](C2CCNCC2)C2CC(O)C2)ccc1Cl. The zero-order chi connectivity index (χ0) is 16.4. The number of aliphatic hydroxyl groups is 1. The quantitative estimate of drug-likeness (QED) is 0.791. The molecule has 1 amide bonds. The Labute approximate surface area is 142 Å². The van der Waals surface area contributed by atoms with Crippen LogP contribution >= 0.6 is 11.6 Å². The maximum Gasteiger partial charge on any atom is 0.251 e. The average Bonchev–Trinajstić information content (AvgIpc) is 2.53. The van der Waals surface area contributed by atoms with Gasteiger partial charge in [0.25, 0.3) is 5.91 Å². The number of hydrogen-bond donors (Lipinski definition) is 3. The Bertz CT molecular complexity index is 566. The van der Waals surface area contributed by atoms with Gasteiger partial charge in [-0.25, -0.2) is 0 Å². The van der Waals surface area contributed by atoms with Gasteiger partial charge in [-0.2, -0.15) is 0 Å². The van der Waals surface area contributed by atoms with E-state index in [4.69, 9.17) is 11.6 Å². The molecule has 126 valence electrons. The van der Waals surface area contributed by atoms with Crippen LogP contribution in [-0.4, -0.2) is 36.2 Å². The van der Waals surface area contributed by atoms with E-state index in [0.717, 1.165) is 44.3 Å². The fraction of sp³-hybridized carbons (Fsp3) is 0.611. The molecule has 1 aliphatic carbocycles. The van der Waals surface area contributed by atoms with E-state index in [9.17, 15) is 9.90 Å². The molecule has 1 saturated heterocycles. The minimum absolute atomic E-state index is 0.0327. The number of nitrogens with one attached hydrogen (secondary N) is 2. The minimum Gasteiger partial charge on any atom is -0.393 e. The van der Waals surface area contributed by atoms with Gasteiger partial charge in [0, 0.05) is 16.6 Å². The largest absolute Gasteiger partial charge is 0.393 e. The van der Waals surface area contributed by atoms with Gasteiger partial charge < -0.3 is 15.7 Å². The summed E-state index contributed by atoms with van der Waals surface area (Å²) < 4.78 is 0. The maximum absolute atomic E-state index is 12.7. The lowest BCUT2D eigenvalue weighted by Crippen LogP contribution is -2.52. The van der Waals surface area contributed by atoms with Gasteiger partial charge in [-0.05, 0) is 81.3 Å². The van der Waals surface area contributed by atoms with Crippen molar-refractivity contribution in [1.29, 1.82) is 0 Å². The number of rotatable bonds is 4. The first kappa shape index (κ1) is 16.7. The minimum atomic E-state index is -0.195. The highest BCUT2D eigenvalue weighted by Gasteiger charge is 2.39. The van der Waals surface area contributed by atoms with Crippen LogP contribution in [0.5, 0.6) is 0 Å². The number of hydrogen-bond acceptors (Lipinski definition) is 3. The molecular weight excluding hydrogens is 312 g/mol. The molecule has 1 saturated carbocycles. The zero-order valence-electron chi connectivity index (χ0n) is 13.5. The topological polar surface area (TPSA) is 61.4 Å². The van der Waals surface area contributed by atoms with Crippen molar-refractivity contribution in [3.8, 4) is 0 Å². The second-order valence-electron chi connectivity index (χ2n) is 6.94. The summed E-state index contributed by atoms with van der Waals surface area (Å²) in [4.78, 5) is 12.7. The lowest BCUT2D eigenvalue weighted by atomic mass is 9.71. The van der Waals surface area contributed by atoms with Crippen LogP contribution in [0.4, 0.5) is 0 Å². The van der Waals surface area contributed by atoms with Gasteiger partial charge in [-0.3, -0.25) is 4.79 Å². The van der Waals surface area contributed by atoms with Crippen LogP contribution in [-0.2, 0) is 0 Å². The molecule has 0 spiro atoms. The number of aliphatic hydroxyl groups excluding tert-OH is 1. The fourth-order valence-electron chi connectivity index (χ4n) is 3.77. The lowest BCUT2D eigenvalue weighted by molar-refractivity contribution is 0.00919. The maximum atomic E-state index is 12.7. The van der Waals surface area contributed by atoms with Gasteiger partial charge in [0.2, 0.25) is 0 Å². The third-order valence-electron chi connectivity index (χ3n) is 5.27. The highest BCUT2D eigenvalue weighted by molar-refractivity contribution is 6.31. The fourth-order valence-corrected chi connectivity index (χ4v) is 3.89. The Hall–Kier alpha value is -1.10. The van der Waals surface area contributed by atoms with Crippen LogP contribution < -0.4 is 10.6 Å². The molecule has 2 fully saturated rings. The van der Waals surface area contributed by atoms with Gasteiger partial charge in [0.05, 0.1) is 6.10 Å². The molecule has 1 heterocycles. The molecule has 3 N–H and O–H groups in total. The molecule has 23 heavy (non-hydrogen) atoms. The predicted octanol–water partition coefficient (Wildman–Crippen LogP) is 2.52. The number of piperidine rings is 1. The number of aryl methyl sites for hydroxylation is 1. The van der Waals surface area contributed by atoms with Crippen LogP contribution in [0.2, 0.25) is 5.02 Å². The molecule has 0 unspecified atom stereocenters. The third-order valence-corrected chi connectivity index (χ3v) is 5.69. The first-order chi connectivity index (χ1) is 11.0. The van der Waals surface area contributed by atoms with Gasteiger partial charge in [-0.15, -0.1) is 0 Å². The second kappa shape index (κ2) is 7.20. The molecule has 3 rings (SSSR count). The molecule has 4 nitrogen and oxygen atoms in total. The number of carbonyl (C=O) groups excluding carboxylic acids is 1. The van der Waals surface area contributed by atoms with E-state index in [2.05, 4.69) is 10.6 Å². The van der Waals surface area contributed by atoms with Crippen LogP contribution in [0.1, 0.15) is 41.6 Å². The van der Waals surface area contributed by atoms with Gasteiger partial charge >= 0.3 is 0 Å². The van der Waals surface area contributed by atoms with E-state index >= 15 is 0 Å². The van der Waals surface area contributed by atoms with Crippen molar-refractivity contribution in [2.45, 2.75) is 44.8 Å². The number of carbonyl (C=O) groups is 1. The van der Waals surface area contributed by atoms with Crippen LogP contribution in [0.3, 0.4) is 0 Å². The Kier molecular flexibility index (Phi) is 5.24. The number of benzene rings is 1. The Morgan fingerprint density at radius 1 is 1.30 bits per heavy atom. The summed E-state index contributed by atoms with van der Waals surface area (Å²) in [6.07, 6.45) is 3.57.